The normalized spacial score (nSPS) is 17.8. The van der Waals surface area contributed by atoms with E-state index >= 15 is 0 Å². The molecule has 0 unspecified atom stereocenters. The van der Waals surface area contributed by atoms with Crippen LogP contribution in [0.4, 0.5) is 0 Å². The van der Waals surface area contributed by atoms with Crippen LogP contribution in [0.2, 0.25) is 5.02 Å². The Labute approximate surface area is 136 Å². The molecule has 1 aromatic rings. The monoisotopic (exact) mass is 346 g/mol. The van der Waals surface area contributed by atoms with Gasteiger partial charge in [0.2, 0.25) is 10.0 Å². The van der Waals surface area contributed by atoms with Gasteiger partial charge >= 0.3 is 0 Å². The number of halogens is 1. The molecule has 2 N–H and O–H groups in total. The second-order valence-electron chi connectivity index (χ2n) is 5.27. The third-order valence-corrected chi connectivity index (χ3v) is 6.60. The third kappa shape index (κ3) is 3.56. The van der Waals surface area contributed by atoms with Gasteiger partial charge in [0.1, 0.15) is 9.88 Å². The zero-order valence-electron chi connectivity index (χ0n) is 11.9. The van der Waals surface area contributed by atoms with E-state index in [0.717, 1.165) is 19.3 Å². The summed E-state index contributed by atoms with van der Waals surface area (Å²) in [4.78, 5) is 0.323. The lowest BCUT2D eigenvalue weighted by molar-refractivity contribution is 0.269. The summed E-state index contributed by atoms with van der Waals surface area (Å²) in [5, 5.41) is 0.165. The number of benzene rings is 1. The fourth-order valence-electron chi connectivity index (χ4n) is 2.56. The van der Waals surface area contributed by atoms with Gasteiger partial charge in [-0.05, 0) is 30.9 Å². The molecule has 2 rings (SSSR count). The van der Waals surface area contributed by atoms with Gasteiger partial charge in [-0.2, -0.15) is 4.31 Å². The van der Waals surface area contributed by atoms with Gasteiger partial charge in [-0.3, -0.25) is 0 Å². The molecule has 0 amide bonds. The van der Waals surface area contributed by atoms with Crippen molar-refractivity contribution in [2.45, 2.75) is 31.1 Å². The Morgan fingerprint density at radius 3 is 2.52 bits per heavy atom. The maximum atomic E-state index is 12.7. The molecule has 0 bridgehead atoms. The lowest BCUT2D eigenvalue weighted by Gasteiger charge is -2.30. The van der Waals surface area contributed by atoms with Gasteiger partial charge in [-0.1, -0.05) is 43.2 Å². The second-order valence-corrected chi connectivity index (χ2v) is 8.02. The number of piperidine rings is 1. The number of nitrogens with zero attached hydrogens (tertiary/aromatic N) is 1. The van der Waals surface area contributed by atoms with Crippen molar-refractivity contribution >= 4 is 38.8 Å². The molecular formula is C14H19ClN2O2S2. The van der Waals surface area contributed by atoms with Crippen molar-refractivity contribution in [2.24, 2.45) is 11.7 Å². The standard InChI is InChI=1S/C14H19ClN2O2S2/c1-2-10-5-7-17(8-6-10)21(18,19)13-4-3-11(14(16)20)9-12(13)15/h3-4,9-10H,2,5-8H2,1H3,(H2,16,20). The first-order valence-electron chi connectivity index (χ1n) is 6.95. The van der Waals surface area contributed by atoms with Crippen LogP contribution in [0.3, 0.4) is 0 Å². The lowest BCUT2D eigenvalue weighted by atomic mass is 9.96. The molecule has 7 heteroatoms. The molecule has 1 heterocycles. The molecule has 1 saturated heterocycles. The Balaban J connectivity index is 2.26. The van der Waals surface area contributed by atoms with Crippen molar-refractivity contribution in [2.75, 3.05) is 13.1 Å². The minimum Gasteiger partial charge on any atom is -0.389 e. The maximum absolute atomic E-state index is 12.7. The zero-order valence-corrected chi connectivity index (χ0v) is 14.3. The van der Waals surface area contributed by atoms with Gasteiger partial charge in [-0.25, -0.2) is 8.42 Å². The van der Waals surface area contributed by atoms with Gasteiger partial charge in [0.15, 0.2) is 0 Å². The van der Waals surface area contributed by atoms with Crippen molar-refractivity contribution in [1.29, 1.82) is 0 Å². The van der Waals surface area contributed by atoms with E-state index in [1.165, 1.54) is 16.4 Å². The van der Waals surface area contributed by atoms with Gasteiger partial charge in [-0.15, -0.1) is 0 Å². The SMILES string of the molecule is CCC1CCN(S(=O)(=O)c2ccc(C(N)=S)cc2Cl)CC1. The highest BCUT2D eigenvalue weighted by Gasteiger charge is 2.30. The topological polar surface area (TPSA) is 63.4 Å². The van der Waals surface area contributed by atoms with Crippen LogP contribution in [0.1, 0.15) is 31.7 Å². The first-order chi connectivity index (χ1) is 9.86. The van der Waals surface area contributed by atoms with E-state index in [4.69, 9.17) is 29.6 Å². The van der Waals surface area contributed by atoms with E-state index < -0.39 is 10.0 Å². The van der Waals surface area contributed by atoms with E-state index in [2.05, 4.69) is 6.92 Å². The predicted octanol–water partition coefficient (Wildman–Crippen LogP) is 2.78. The largest absolute Gasteiger partial charge is 0.389 e. The van der Waals surface area contributed by atoms with Crippen molar-refractivity contribution in [3.8, 4) is 0 Å². The predicted molar refractivity (Wildman–Crippen MR) is 89.1 cm³/mol. The van der Waals surface area contributed by atoms with Gasteiger partial charge in [0.05, 0.1) is 5.02 Å². The molecule has 116 valence electrons. The minimum atomic E-state index is -3.55. The van der Waals surface area contributed by atoms with Gasteiger partial charge in [0, 0.05) is 18.7 Å². The summed E-state index contributed by atoms with van der Waals surface area (Å²) in [6.07, 6.45) is 2.90. The molecule has 1 aliphatic heterocycles. The average molecular weight is 347 g/mol. The van der Waals surface area contributed by atoms with Gasteiger partial charge in [0.25, 0.3) is 0 Å². The van der Waals surface area contributed by atoms with Crippen LogP contribution in [0.25, 0.3) is 0 Å². The first-order valence-corrected chi connectivity index (χ1v) is 9.18. The molecular weight excluding hydrogens is 328 g/mol. The molecule has 0 radical (unpaired) electrons. The molecule has 1 aromatic carbocycles. The van der Waals surface area contributed by atoms with Crippen LogP contribution >= 0.6 is 23.8 Å². The van der Waals surface area contributed by atoms with E-state index in [1.54, 1.807) is 6.07 Å². The van der Waals surface area contributed by atoms with E-state index in [9.17, 15) is 8.42 Å². The highest BCUT2D eigenvalue weighted by Crippen LogP contribution is 2.29. The molecule has 0 aromatic heterocycles. The Hall–Kier alpha value is -0.690. The molecule has 0 spiro atoms. The Morgan fingerprint density at radius 2 is 2.05 bits per heavy atom. The number of hydrogen-bond acceptors (Lipinski definition) is 3. The zero-order chi connectivity index (χ0) is 15.6. The van der Waals surface area contributed by atoms with Crippen LogP contribution in [0.5, 0.6) is 0 Å². The van der Waals surface area contributed by atoms with E-state index in [-0.39, 0.29) is 14.9 Å². The van der Waals surface area contributed by atoms with Crippen LogP contribution in [0.15, 0.2) is 23.1 Å². The number of nitrogens with two attached hydrogens (primary N) is 1. The molecule has 0 atom stereocenters. The van der Waals surface area contributed by atoms with Crippen LogP contribution < -0.4 is 5.73 Å². The number of thiocarbonyl (C=S) groups is 1. The minimum absolute atomic E-state index is 0.124. The smallest absolute Gasteiger partial charge is 0.244 e. The van der Waals surface area contributed by atoms with Crippen LogP contribution in [-0.4, -0.2) is 30.8 Å². The average Bonchev–Trinajstić information content (AvgIpc) is 2.46. The summed E-state index contributed by atoms with van der Waals surface area (Å²) in [6, 6.07) is 4.59. The second kappa shape index (κ2) is 6.60. The fraction of sp³-hybridized carbons (Fsp3) is 0.500. The Kier molecular flexibility index (Phi) is 5.24. The summed E-state index contributed by atoms with van der Waals surface area (Å²) in [5.74, 6) is 0.615. The Bertz CT molecular complexity index is 638. The first kappa shape index (κ1) is 16.7. The van der Waals surface area contributed by atoms with Crippen molar-refractivity contribution in [3.05, 3.63) is 28.8 Å². The summed E-state index contributed by atoms with van der Waals surface area (Å²) < 4.78 is 26.8. The van der Waals surface area contributed by atoms with Crippen molar-refractivity contribution in [3.63, 3.8) is 0 Å². The Morgan fingerprint density at radius 1 is 1.43 bits per heavy atom. The maximum Gasteiger partial charge on any atom is 0.244 e. The summed E-state index contributed by atoms with van der Waals surface area (Å²) in [5.41, 5.74) is 6.10. The fourth-order valence-corrected chi connectivity index (χ4v) is 4.68. The summed E-state index contributed by atoms with van der Waals surface area (Å²) in [7, 11) is -3.55. The van der Waals surface area contributed by atoms with Crippen molar-refractivity contribution in [1.82, 2.24) is 4.31 Å². The van der Waals surface area contributed by atoms with Crippen LogP contribution in [0, 0.1) is 5.92 Å². The van der Waals surface area contributed by atoms with E-state index in [0.29, 0.717) is 24.6 Å². The summed E-state index contributed by atoms with van der Waals surface area (Å²) in [6.45, 7) is 3.24. The van der Waals surface area contributed by atoms with Crippen LogP contribution in [-0.2, 0) is 10.0 Å². The molecule has 0 saturated carbocycles. The quantitative estimate of drug-likeness (QED) is 0.851. The molecule has 21 heavy (non-hydrogen) atoms. The van der Waals surface area contributed by atoms with Gasteiger partial charge < -0.3 is 5.73 Å². The number of hydrogen-bond donors (Lipinski definition) is 1. The lowest BCUT2D eigenvalue weighted by Crippen LogP contribution is -2.38. The third-order valence-electron chi connectivity index (χ3n) is 3.99. The number of rotatable bonds is 4. The van der Waals surface area contributed by atoms with E-state index in [1.807, 2.05) is 0 Å². The highest BCUT2D eigenvalue weighted by molar-refractivity contribution is 7.89. The molecule has 1 fully saturated rings. The molecule has 0 aliphatic carbocycles. The highest BCUT2D eigenvalue weighted by atomic mass is 35.5. The summed E-state index contributed by atoms with van der Waals surface area (Å²) >= 11 is 11.0. The number of sulfonamides is 1. The molecule has 1 aliphatic rings. The molecule has 4 nitrogen and oxygen atoms in total. The van der Waals surface area contributed by atoms with Crippen molar-refractivity contribution < 1.29 is 8.42 Å².